The number of aliphatic hydroxyl groups is 2. The summed E-state index contributed by atoms with van der Waals surface area (Å²) in [5.74, 6) is -10.4. The first-order chi connectivity index (χ1) is 37.3. The van der Waals surface area contributed by atoms with Gasteiger partial charge in [-0.2, -0.15) is 0 Å². The van der Waals surface area contributed by atoms with Crippen LogP contribution >= 0.6 is 0 Å². The maximum atomic E-state index is 14.4. The smallest absolute Gasteiger partial charge is 0.245 e. The summed E-state index contributed by atoms with van der Waals surface area (Å²) in [5, 5.41) is 49.3. The number of carbonyl (C=O) groups excluding carboxylic acids is 11. The molecule has 0 aromatic rings. The van der Waals surface area contributed by atoms with Gasteiger partial charge in [0.05, 0.1) is 12.2 Å². The van der Waals surface area contributed by atoms with Crippen molar-refractivity contribution in [3.63, 3.8) is 0 Å². The van der Waals surface area contributed by atoms with Crippen molar-refractivity contribution >= 4 is 65.0 Å². The van der Waals surface area contributed by atoms with Gasteiger partial charge in [-0.1, -0.05) is 53.9 Å². The van der Waals surface area contributed by atoms with Crippen molar-refractivity contribution in [2.75, 3.05) is 39.3 Å². The lowest BCUT2D eigenvalue weighted by Crippen LogP contribution is -2.62. The number of amides is 11. The molecule has 29 nitrogen and oxygen atoms in total. The summed E-state index contributed by atoms with van der Waals surface area (Å²) in [4.78, 5) is 152. The van der Waals surface area contributed by atoms with Crippen LogP contribution in [0, 0.1) is 11.8 Å². The van der Waals surface area contributed by atoms with Crippen LogP contribution < -0.4 is 87.2 Å². The van der Waals surface area contributed by atoms with E-state index in [9.17, 15) is 63.0 Å². The lowest BCUT2D eigenvalue weighted by Gasteiger charge is -2.29. The molecule has 0 bridgehead atoms. The standard InChI is InChI=1S/C50H94N16O13/c1-8-9-10-11-12-37(69)57-30(13-19-51)45(74)66-40(29(7)68)50(79)62-33(16-22-54)42(71)60-35-18-24-56-48(77)39(28(6)67)65-46(75)34(17-23-55)59-41(70)32(15-21-53)61-49(78)38(27(4)5)64-47(76)36(25-26(2)3)63-43(72)31(14-20-52)58-44(35)73/h26-36,38-40,67-68H,8-25,51-55H2,1-7H3,(H,56,77)(H,57,69)(H,58,73)(H,59,70)(H,60,71)(H,61,78)(H,62,79)(H,63,72)(H,64,76)(H,65,75)(H,66,74)/t28-,29-,30+,31+,32+,33+,34+,35+,36-,38+,39+,40+/m1/s1. The molecule has 1 heterocycles. The Kier molecular flexibility index (Phi) is 33.8. The SMILES string of the molecule is CCCCCCC(=O)N[C@@H](CCN)C(=O)N[C@H](C(=O)N[C@@H](CCN)C(=O)N[C@H]1CCNC(=O)[C@H]([C@@H](C)O)NC(=O)[C@H](CCN)NC(=O)[C@H](CCN)NC(=O)[C@H](C(C)C)NC(=O)[C@@H](CC(C)C)NC(=O)[C@H](CCN)NC1=O)[C@@H](C)O. The molecule has 1 aliphatic rings. The minimum absolute atomic E-state index is 0.0111. The van der Waals surface area contributed by atoms with E-state index in [1.165, 1.54) is 13.8 Å². The fourth-order valence-electron chi connectivity index (χ4n) is 8.30. The van der Waals surface area contributed by atoms with Crippen molar-refractivity contribution in [1.82, 2.24) is 58.5 Å². The van der Waals surface area contributed by atoms with Crippen molar-refractivity contribution < 1.29 is 63.0 Å². The first-order valence-corrected chi connectivity index (χ1v) is 27.5. The van der Waals surface area contributed by atoms with Crippen LogP contribution in [0.2, 0.25) is 0 Å². The Morgan fingerprint density at radius 1 is 0.544 bits per heavy atom. The number of nitrogens with one attached hydrogen (secondary N) is 11. The number of rotatable bonds is 27. The molecular weight excluding hydrogens is 1030 g/mol. The molecule has 0 unspecified atom stereocenters. The van der Waals surface area contributed by atoms with Crippen LogP contribution in [-0.4, -0.2) is 187 Å². The zero-order chi connectivity index (χ0) is 59.9. The first kappa shape index (κ1) is 70.9. The van der Waals surface area contributed by atoms with Crippen LogP contribution in [0.25, 0.3) is 0 Å². The second-order valence-electron chi connectivity index (χ2n) is 20.6. The lowest BCUT2D eigenvalue weighted by atomic mass is 9.99. The number of carbonyl (C=O) groups is 11. The second kappa shape index (κ2) is 37.7. The summed E-state index contributed by atoms with van der Waals surface area (Å²) >= 11 is 0. The van der Waals surface area contributed by atoms with Crippen LogP contribution in [0.15, 0.2) is 0 Å². The maximum absolute atomic E-state index is 14.4. The molecule has 0 aromatic heterocycles. The van der Waals surface area contributed by atoms with Crippen LogP contribution in [0.5, 0.6) is 0 Å². The number of hydrogen-bond acceptors (Lipinski definition) is 18. The summed E-state index contributed by atoms with van der Waals surface area (Å²) in [5.41, 5.74) is 29.1. The van der Waals surface area contributed by atoms with E-state index >= 15 is 0 Å². The van der Waals surface area contributed by atoms with Crippen LogP contribution in [0.4, 0.5) is 0 Å². The van der Waals surface area contributed by atoms with Gasteiger partial charge in [0.2, 0.25) is 65.0 Å². The highest BCUT2D eigenvalue weighted by Gasteiger charge is 2.38. The monoisotopic (exact) mass is 1130 g/mol. The van der Waals surface area contributed by atoms with Crippen LogP contribution in [-0.2, 0) is 52.7 Å². The summed E-state index contributed by atoms with van der Waals surface area (Å²) in [6.45, 7) is 10.1. The molecule has 452 valence electrons. The second-order valence-corrected chi connectivity index (χ2v) is 20.6. The molecule has 79 heavy (non-hydrogen) atoms. The Morgan fingerprint density at radius 2 is 1.03 bits per heavy atom. The number of unbranched alkanes of at least 4 members (excludes halogenated alkanes) is 3. The fourth-order valence-corrected chi connectivity index (χ4v) is 8.30. The highest BCUT2D eigenvalue weighted by molar-refractivity contribution is 5.99. The van der Waals surface area contributed by atoms with Crippen molar-refractivity contribution in [2.24, 2.45) is 40.5 Å². The average molecular weight is 1130 g/mol. The van der Waals surface area contributed by atoms with Gasteiger partial charge in [0, 0.05) is 13.0 Å². The molecule has 0 aromatic carbocycles. The van der Waals surface area contributed by atoms with E-state index in [4.69, 9.17) is 28.7 Å². The molecule has 1 rings (SSSR count). The van der Waals surface area contributed by atoms with Gasteiger partial charge in [0.25, 0.3) is 0 Å². The molecule has 1 saturated heterocycles. The molecule has 0 spiro atoms. The summed E-state index contributed by atoms with van der Waals surface area (Å²) in [6, 6.07) is -14.5. The quantitative estimate of drug-likeness (QED) is 0.0340. The molecule has 29 heteroatoms. The van der Waals surface area contributed by atoms with Crippen molar-refractivity contribution in [3.8, 4) is 0 Å². The van der Waals surface area contributed by atoms with Crippen molar-refractivity contribution in [2.45, 2.75) is 198 Å². The number of aliphatic hydroxyl groups excluding tert-OH is 2. The van der Waals surface area contributed by atoms with E-state index in [0.29, 0.717) is 6.42 Å². The van der Waals surface area contributed by atoms with Crippen LogP contribution in [0.3, 0.4) is 0 Å². The van der Waals surface area contributed by atoms with Crippen molar-refractivity contribution in [3.05, 3.63) is 0 Å². The van der Waals surface area contributed by atoms with E-state index in [-0.39, 0.29) is 83.6 Å². The van der Waals surface area contributed by atoms with Gasteiger partial charge in [-0.3, -0.25) is 52.7 Å². The van der Waals surface area contributed by atoms with Gasteiger partial charge in [-0.25, -0.2) is 0 Å². The van der Waals surface area contributed by atoms with Crippen molar-refractivity contribution in [1.29, 1.82) is 0 Å². The zero-order valence-electron chi connectivity index (χ0n) is 47.1. The van der Waals surface area contributed by atoms with E-state index in [2.05, 4.69) is 58.5 Å². The highest BCUT2D eigenvalue weighted by Crippen LogP contribution is 2.12. The predicted octanol–water partition coefficient (Wildman–Crippen LogP) is -6.47. The first-order valence-electron chi connectivity index (χ1n) is 27.5. The predicted molar refractivity (Wildman–Crippen MR) is 292 cm³/mol. The fraction of sp³-hybridized carbons (Fsp3) is 0.780. The minimum Gasteiger partial charge on any atom is -0.391 e. The summed E-state index contributed by atoms with van der Waals surface area (Å²) in [6.07, 6.45) is -0.887. The van der Waals surface area contributed by atoms with E-state index < -0.39 is 156 Å². The normalized spacial score (nSPS) is 23.4. The summed E-state index contributed by atoms with van der Waals surface area (Å²) in [7, 11) is 0. The van der Waals surface area contributed by atoms with Gasteiger partial charge < -0.3 is 97.4 Å². The van der Waals surface area contributed by atoms with Gasteiger partial charge in [0.15, 0.2) is 0 Å². The van der Waals surface area contributed by atoms with Crippen LogP contribution in [0.1, 0.15) is 126 Å². The Bertz CT molecular complexity index is 2000. The summed E-state index contributed by atoms with van der Waals surface area (Å²) < 4.78 is 0. The lowest BCUT2D eigenvalue weighted by molar-refractivity contribution is -0.137. The zero-order valence-corrected chi connectivity index (χ0v) is 47.1. The third-order valence-corrected chi connectivity index (χ3v) is 12.8. The molecule has 0 aliphatic carbocycles. The molecule has 23 N–H and O–H groups in total. The Hall–Kier alpha value is -6.11. The molecule has 0 saturated carbocycles. The van der Waals surface area contributed by atoms with Gasteiger partial charge >= 0.3 is 0 Å². The average Bonchev–Trinajstić information content (AvgIpc) is 3.37. The Balaban J connectivity index is 3.82. The number of hydrogen-bond donors (Lipinski definition) is 18. The van der Waals surface area contributed by atoms with Gasteiger partial charge in [0.1, 0.15) is 60.4 Å². The molecular formula is C50H94N16O13. The Morgan fingerprint density at radius 3 is 1.51 bits per heavy atom. The molecule has 1 aliphatic heterocycles. The molecule has 11 amide bonds. The van der Waals surface area contributed by atoms with E-state index in [1.807, 2.05) is 6.92 Å². The highest BCUT2D eigenvalue weighted by atomic mass is 16.3. The van der Waals surface area contributed by atoms with Gasteiger partial charge in [-0.15, -0.1) is 0 Å². The number of nitrogens with two attached hydrogens (primary N) is 5. The topological polar surface area (TPSA) is 491 Å². The third-order valence-electron chi connectivity index (χ3n) is 12.8. The third kappa shape index (κ3) is 25.7. The van der Waals surface area contributed by atoms with Gasteiger partial charge in [-0.05, 0) is 110 Å². The molecule has 12 atom stereocenters. The molecule has 1 fully saturated rings. The maximum Gasteiger partial charge on any atom is 0.245 e. The Labute approximate surface area is 463 Å². The minimum atomic E-state index is -1.69. The van der Waals surface area contributed by atoms with E-state index in [0.717, 1.165) is 19.3 Å². The molecule has 0 radical (unpaired) electrons. The van der Waals surface area contributed by atoms with E-state index in [1.54, 1.807) is 27.7 Å². The largest absolute Gasteiger partial charge is 0.391 e.